The maximum absolute atomic E-state index is 14.2. The number of nitrogens with zero attached hydrogens (tertiary/aromatic N) is 3. The highest BCUT2D eigenvalue weighted by Crippen LogP contribution is 2.42. The Morgan fingerprint density at radius 2 is 1.90 bits per heavy atom. The average Bonchev–Trinajstić information content (AvgIpc) is 3.56. The lowest BCUT2D eigenvalue weighted by atomic mass is 10.1. The molecule has 5 rings (SSSR count). The molecule has 2 aliphatic heterocycles. The Bertz CT molecular complexity index is 1600. The van der Waals surface area contributed by atoms with Crippen LogP contribution in [0.2, 0.25) is 0 Å². The highest BCUT2D eigenvalue weighted by atomic mass is 32.2. The molecule has 18 heteroatoms. The minimum atomic E-state index is -4.83. The molecule has 0 unspecified atom stereocenters. The summed E-state index contributed by atoms with van der Waals surface area (Å²) in [7, 11) is -6.72. The van der Waals surface area contributed by atoms with Gasteiger partial charge in [-0.15, -0.1) is 5.10 Å². The zero-order chi connectivity index (χ0) is 30.7. The molecule has 232 valence electrons. The fourth-order valence-corrected chi connectivity index (χ4v) is 7.89. The van der Waals surface area contributed by atoms with Crippen LogP contribution in [0.3, 0.4) is 0 Å². The van der Waals surface area contributed by atoms with Crippen LogP contribution < -0.4 is 23.8 Å². The number of benzene rings is 1. The minimum Gasteiger partial charge on any atom is -0.485 e. The number of fused-ring (bicyclic) bond motifs is 2. The Morgan fingerprint density at radius 1 is 1.19 bits per heavy atom. The number of rotatable bonds is 9. The van der Waals surface area contributed by atoms with E-state index in [4.69, 9.17) is 9.47 Å². The molecule has 1 fully saturated rings. The maximum Gasteiger partial charge on any atom is 0.427 e. The van der Waals surface area contributed by atoms with Crippen molar-refractivity contribution < 1.29 is 49.0 Å². The number of hydrogen-bond acceptors (Lipinski definition) is 9. The van der Waals surface area contributed by atoms with E-state index in [-0.39, 0.29) is 41.0 Å². The highest BCUT2D eigenvalue weighted by molar-refractivity contribution is 7.93. The number of amides is 1. The van der Waals surface area contributed by atoms with Crippen LogP contribution in [0.1, 0.15) is 38.8 Å². The Kier molecular flexibility index (Phi) is 7.54. The Labute approximate surface area is 240 Å². The lowest BCUT2D eigenvalue weighted by Gasteiger charge is -2.35. The lowest BCUT2D eigenvalue weighted by Crippen LogP contribution is -2.49. The molecule has 1 saturated carbocycles. The second-order valence-corrected chi connectivity index (χ2v) is 14.5. The zero-order valence-electron chi connectivity index (χ0n) is 22.9. The molecule has 0 radical (unpaired) electrons. The largest absolute Gasteiger partial charge is 0.485 e. The van der Waals surface area contributed by atoms with Crippen LogP contribution in [0.4, 0.5) is 29.3 Å². The average molecular weight is 638 g/mol. The SMILES string of the molecule is COc1nn2c(c1S(=O)(=O)N1C[C@H](CNS(=O)(=O)C3CC3)Oc3ccc(NC(=O)OC(C)(C)C(F)(F)F)cc31)CCC2. The number of sulfonamides is 2. The molecule has 2 aromatic rings. The van der Waals surface area contributed by atoms with Crippen molar-refractivity contribution in [3.8, 4) is 11.6 Å². The first-order valence-electron chi connectivity index (χ1n) is 13.1. The second-order valence-electron chi connectivity index (χ2n) is 10.7. The summed E-state index contributed by atoms with van der Waals surface area (Å²) in [5.74, 6) is -0.0752. The zero-order valence-corrected chi connectivity index (χ0v) is 24.5. The molecule has 1 amide bonds. The first kappa shape index (κ1) is 30.2. The van der Waals surface area contributed by atoms with E-state index in [1.54, 1.807) is 4.68 Å². The minimum absolute atomic E-state index is 0.0378. The highest BCUT2D eigenvalue weighted by Gasteiger charge is 2.51. The summed E-state index contributed by atoms with van der Waals surface area (Å²) in [5.41, 5.74) is -2.45. The number of carbonyl (C=O) groups is 1. The Hall–Kier alpha value is -3.25. The molecule has 1 aromatic heterocycles. The molecule has 3 aliphatic rings. The lowest BCUT2D eigenvalue weighted by molar-refractivity contribution is -0.242. The third kappa shape index (κ3) is 5.70. The van der Waals surface area contributed by atoms with Gasteiger partial charge in [-0.2, -0.15) is 13.2 Å². The van der Waals surface area contributed by atoms with Gasteiger partial charge in [0.1, 0.15) is 11.9 Å². The molecular formula is C24H30F3N5O8S2. The van der Waals surface area contributed by atoms with Crippen LogP contribution in [0.5, 0.6) is 11.6 Å². The van der Waals surface area contributed by atoms with E-state index in [9.17, 15) is 34.8 Å². The molecule has 3 heterocycles. The smallest absolute Gasteiger partial charge is 0.427 e. The normalized spacial score (nSPS) is 19.1. The van der Waals surface area contributed by atoms with Crippen LogP contribution in [0.25, 0.3) is 0 Å². The van der Waals surface area contributed by atoms with Gasteiger partial charge in [0.15, 0.2) is 4.90 Å². The third-order valence-electron chi connectivity index (χ3n) is 7.15. The fourth-order valence-electron chi connectivity index (χ4n) is 4.64. The molecule has 42 heavy (non-hydrogen) atoms. The number of carbonyl (C=O) groups excluding carboxylic acids is 1. The van der Waals surface area contributed by atoms with Gasteiger partial charge in [0.25, 0.3) is 15.9 Å². The van der Waals surface area contributed by atoms with Crippen LogP contribution in [-0.2, 0) is 37.7 Å². The van der Waals surface area contributed by atoms with E-state index >= 15 is 0 Å². The van der Waals surface area contributed by atoms with E-state index in [2.05, 4.69) is 19.9 Å². The summed E-state index contributed by atoms with van der Waals surface area (Å²) in [6, 6.07) is 3.83. The van der Waals surface area contributed by atoms with Crippen molar-refractivity contribution in [2.45, 2.75) is 74.1 Å². The van der Waals surface area contributed by atoms with Crippen molar-refractivity contribution in [1.82, 2.24) is 14.5 Å². The summed E-state index contributed by atoms with van der Waals surface area (Å²) < 4.78 is 114. The van der Waals surface area contributed by atoms with Crippen LogP contribution in [0.15, 0.2) is 23.1 Å². The maximum atomic E-state index is 14.2. The summed E-state index contributed by atoms with van der Waals surface area (Å²) >= 11 is 0. The Morgan fingerprint density at radius 3 is 2.55 bits per heavy atom. The number of nitrogens with one attached hydrogen (secondary N) is 2. The number of aryl methyl sites for hydroxylation is 1. The number of ether oxygens (including phenoxy) is 3. The summed E-state index contributed by atoms with van der Waals surface area (Å²) in [4.78, 5) is 12.2. The predicted octanol–water partition coefficient (Wildman–Crippen LogP) is 2.77. The molecule has 0 bridgehead atoms. The molecule has 0 saturated heterocycles. The number of halogens is 3. The van der Waals surface area contributed by atoms with Crippen LogP contribution in [-0.4, -0.2) is 76.0 Å². The molecule has 1 atom stereocenters. The quantitative estimate of drug-likeness (QED) is 0.422. The monoisotopic (exact) mass is 637 g/mol. The van der Waals surface area contributed by atoms with Gasteiger partial charge in [0.2, 0.25) is 15.6 Å². The van der Waals surface area contributed by atoms with Gasteiger partial charge in [0.05, 0.1) is 30.3 Å². The van der Waals surface area contributed by atoms with Crippen molar-refractivity contribution in [1.29, 1.82) is 0 Å². The van der Waals surface area contributed by atoms with Crippen LogP contribution >= 0.6 is 0 Å². The van der Waals surface area contributed by atoms with Crippen molar-refractivity contribution >= 4 is 37.5 Å². The first-order chi connectivity index (χ1) is 19.5. The number of hydrogen-bond donors (Lipinski definition) is 2. The number of anilines is 2. The summed E-state index contributed by atoms with van der Waals surface area (Å²) in [6.45, 7) is 1.34. The summed E-state index contributed by atoms with van der Waals surface area (Å²) in [5, 5.41) is 5.95. The Balaban J connectivity index is 1.48. The van der Waals surface area contributed by atoms with Gasteiger partial charge in [-0.1, -0.05) is 0 Å². The van der Waals surface area contributed by atoms with E-state index in [0.29, 0.717) is 51.8 Å². The van der Waals surface area contributed by atoms with Gasteiger partial charge in [-0.3, -0.25) is 14.3 Å². The van der Waals surface area contributed by atoms with Crippen molar-refractivity contribution in [3.63, 3.8) is 0 Å². The van der Waals surface area contributed by atoms with E-state index in [0.717, 1.165) is 4.31 Å². The molecule has 2 N–H and O–H groups in total. The standard InChI is InChI=1S/C24H30F3N5O8S2/c1-23(2,24(25,26)27)40-22(33)29-14-6-9-19-18(11-14)32(13-15(39-19)12-28-41(34,35)16-7-8-16)42(36,37)20-17-5-4-10-31(17)30-21(20)38-3/h6,9,11,15-16,28H,4-5,7-8,10,12-13H2,1-3H3,(H,29,33)/t15-/m0/s1. The second kappa shape index (κ2) is 10.5. The third-order valence-corrected chi connectivity index (χ3v) is 10.9. The summed E-state index contributed by atoms with van der Waals surface area (Å²) in [6.07, 6.45) is -5.01. The molecule has 0 spiro atoms. The van der Waals surface area contributed by atoms with Crippen molar-refractivity contribution in [3.05, 3.63) is 23.9 Å². The number of aromatic nitrogens is 2. The van der Waals surface area contributed by atoms with E-state index in [1.807, 2.05) is 0 Å². The molecule has 1 aliphatic carbocycles. The topological polar surface area (TPSA) is 158 Å². The van der Waals surface area contributed by atoms with Gasteiger partial charge in [-0.05, 0) is 57.7 Å². The first-order valence-corrected chi connectivity index (χ1v) is 16.0. The van der Waals surface area contributed by atoms with Crippen molar-refractivity contribution in [2.24, 2.45) is 0 Å². The van der Waals surface area contributed by atoms with E-state index < -0.39 is 49.3 Å². The number of alkyl halides is 3. The van der Waals surface area contributed by atoms with Gasteiger partial charge in [-0.25, -0.2) is 26.4 Å². The molecule has 13 nitrogen and oxygen atoms in total. The fraction of sp³-hybridized carbons (Fsp3) is 0.583. The van der Waals surface area contributed by atoms with Gasteiger partial charge < -0.3 is 14.2 Å². The van der Waals surface area contributed by atoms with Crippen LogP contribution in [0, 0.1) is 0 Å². The number of methoxy groups -OCH3 is 1. The van der Waals surface area contributed by atoms with Crippen molar-refractivity contribution in [2.75, 3.05) is 29.8 Å². The molecular weight excluding hydrogens is 607 g/mol. The molecule has 1 aromatic carbocycles. The van der Waals surface area contributed by atoms with Gasteiger partial charge >= 0.3 is 12.3 Å². The van der Waals surface area contributed by atoms with Gasteiger partial charge in [0, 0.05) is 18.8 Å². The predicted molar refractivity (Wildman–Crippen MR) is 143 cm³/mol. The van der Waals surface area contributed by atoms with E-state index in [1.165, 1.54) is 25.3 Å².